The van der Waals surface area contributed by atoms with Crippen molar-refractivity contribution in [2.75, 3.05) is 0 Å². The van der Waals surface area contributed by atoms with Crippen LogP contribution in [0.3, 0.4) is 0 Å². The Hall–Kier alpha value is -0.330. The molecular formula is C19H34O. The molecule has 0 aliphatic heterocycles. The van der Waals surface area contributed by atoms with E-state index in [0.717, 1.165) is 36.5 Å². The van der Waals surface area contributed by atoms with E-state index in [1.165, 1.54) is 32.1 Å². The van der Waals surface area contributed by atoms with Gasteiger partial charge in [0.05, 0.1) is 0 Å². The third kappa shape index (κ3) is 2.97. The standard InChI is InChI=1S/C19H34O/c1-13(2)14(3)8-9-15(4)16-10-11-17-18(20)7-6-12-19(16,17)5/h13-17H,6-12H2,1-5H3. The lowest BCUT2D eigenvalue weighted by atomic mass is 9.62. The van der Waals surface area contributed by atoms with Crippen molar-refractivity contribution in [2.24, 2.45) is 35.0 Å². The van der Waals surface area contributed by atoms with Gasteiger partial charge in [-0.05, 0) is 54.8 Å². The summed E-state index contributed by atoms with van der Waals surface area (Å²) in [7, 11) is 0. The zero-order chi connectivity index (χ0) is 14.9. The minimum Gasteiger partial charge on any atom is -0.299 e. The minimum atomic E-state index is 0.329. The molecule has 0 aromatic heterocycles. The van der Waals surface area contributed by atoms with Crippen molar-refractivity contribution in [3.8, 4) is 0 Å². The van der Waals surface area contributed by atoms with Gasteiger partial charge in [0, 0.05) is 12.3 Å². The summed E-state index contributed by atoms with van der Waals surface area (Å²) in [4.78, 5) is 12.2. The number of hydrogen-bond donors (Lipinski definition) is 0. The van der Waals surface area contributed by atoms with Crippen LogP contribution in [0, 0.1) is 35.0 Å². The van der Waals surface area contributed by atoms with E-state index in [0.29, 0.717) is 17.1 Å². The highest BCUT2D eigenvalue weighted by atomic mass is 16.1. The predicted octanol–water partition coefficient (Wildman–Crippen LogP) is 5.48. The largest absolute Gasteiger partial charge is 0.299 e. The topological polar surface area (TPSA) is 17.1 Å². The summed E-state index contributed by atoms with van der Waals surface area (Å²) >= 11 is 0. The Balaban J connectivity index is 1.97. The van der Waals surface area contributed by atoms with Crippen LogP contribution in [0.1, 0.15) is 79.6 Å². The second kappa shape index (κ2) is 6.20. The van der Waals surface area contributed by atoms with Crippen molar-refractivity contribution in [2.45, 2.75) is 79.6 Å². The third-order valence-electron chi connectivity index (χ3n) is 6.84. The maximum Gasteiger partial charge on any atom is 0.136 e. The van der Waals surface area contributed by atoms with Gasteiger partial charge in [-0.3, -0.25) is 4.79 Å². The van der Waals surface area contributed by atoms with Crippen LogP contribution < -0.4 is 0 Å². The molecule has 2 fully saturated rings. The van der Waals surface area contributed by atoms with Crippen LogP contribution in [0.2, 0.25) is 0 Å². The third-order valence-corrected chi connectivity index (χ3v) is 6.84. The van der Waals surface area contributed by atoms with Gasteiger partial charge in [0.15, 0.2) is 0 Å². The molecular weight excluding hydrogens is 244 g/mol. The van der Waals surface area contributed by atoms with Crippen LogP contribution in [0.25, 0.3) is 0 Å². The lowest BCUT2D eigenvalue weighted by Crippen LogP contribution is -2.39. The molecule has 1 nitrogen and oxygen atoms in total. The second-order valence-corrected chi connectivity index (χ2v) is 8.34. The number of carbonyl (C=O) groups excluding carboxylic acids is 1. The van der Waals surface area contributed by atoms with Gasteiger partial charge in [0.25, 0.3) is 0 Å². The van der Waals surface area contributed by atoms with Crippen molar-refractivity contribution in [1.82, 2.24) is 0 Å². The number of Topliss-reactive ketones (excluding diaryl/α,β-unsaturated/α-hetero) is 1. The molecule has 5 unspecified atom stereocenters. The quantitative estimate of drug-likeness (QED) is 0.650. The smallest absolute Gasteiger partial charge is 0.136 e. The number of carbonyl (C=O) groups is 1. The lowest BCUT2D eigenvalue weighted by Gasteiger charge is -2.42. The molecule has 0 bridgehead atoms. The highest BCUT2D eigenvalue weighted by molar-refractivity contribution is 5.83. The zero-order valence-electron chi connectivity index (χ0n) is 14.2. The molecule has 2 saturated carbocycles. The van der Waals surface area contributed by atoms with Gasteiger partial charge in [0.2, 0.25) is 0 Å². The molecule has 0 spiro atoms. The Kier molecular flexibility index (Phi) is 4.97. The van der Waals surface area contributed by atoms with E-state index < -0.39 is 0 Å². The van der Waals surface area contributed by atoms with Crippen LogP contribution in [-0.4, -0.2) is 5.78 Å². The van der Waals surface area contributed by atoms with Crippen molar-refractivity contribution >= 4 is 5.78 Å². The minimum absolute atomic E-state index is 0.329. The van der Waals surface area contributed by atoms with E-state index in [9.17, 15) is 4.79 Å². The highest BCUT2D eigenvalue weighted by Gasteiger charge is 2.52. The van der Waals surface area contributed by atoms with Crippen molar-refractivity contribution in [1.29, 1.82) is 0 Å². The van der Waals surface area contributed by atoms with Crippen molar-refractivity contribution in [3.05, 3.63) is 0 Å². The first kappa shape index (κ1) is 16.0. The van der Waals surface area contributed by atoms with Gasteiger partial charge < -0.3 is 0 Å². The summed E-state index contributed by atoms with van der Waals surface area (Å²) < 4.78 is 0. The Bertz CT molecular complexity index is 346. The molecule has 5 atom stereocenters. The van der Waals surface area contributed by atoms with E-state index in [1.807, 2.05) is 0 Å². The molecule has 0 aromatic carbocycles. The summed E-state index contributed by atoms with van der Waals surface area (Å²) in [5.74, 6) is 4.17. The SMILES string of the molecule is CC(C)C(C)CCC(C)C1CCC2C(=O)CCCC21C. The Labute approximate surface area is 125 Å². The fraction of sp³-hybridized carbons (Fsp3) is 0.947. The van der Waals surface area contributed by atoms with E-state index in [-0.39, 0.29) is 0 Å². The highest BCUT2D eigenvalue weighted by Crippen LogP contribution is 2.57. The Morgan fingerprint density at radius 2 is 1.85 bits per heavy atom. The molecule has 20 heavy (non-hydrogen) atoms. The van der Waals surface area contributed by atoms with Gasteiger partial charge in [-0.25, -0.2) is 0 Å². The lowest BCUT2D eigenvalue weighted by molar-refractivity contribution is -0.130. The van der Waals surface area contributed by atoms with Gasteiger partial charge in [-0.2, -0.15) is 0 Å². The number of rotatable bonds is 5. The Morgan fingerprint density at radius 3 is 2.50 bits per heavy atom. The number of ketones is 1. The average Bonchev–Trinajstić information content (AvgIpc) is 2.74. The second-order valence-electron chi connectivity index (χ2n) is 8.34. The molecule has 0 aromatic rings. The van der Waals surface area contributed by atoms with Gasteiger partial charge in [-0.15, -0.1) is 0 Å². The summed E-state index contributed by atoms with van der Waals surface area (Å²) in [6, 6.07) is 0. The normalized spacial score (nSPS) is 37.0. The Morgan fingerprint density at radius 1 is 1.15 bits per heavy atom. The predicted molar refractivity (Wildman–Crippen MR) is 85.6 cm³/mol. The molecule has 116 valence electrons. The van der Waals surface area contributed by atoms with E-state index in [4.69, 9.17) is 0 Å². The maximum absolute atomic E-state index is 12.2. The van der Waals surface area contributed by atoms with Gasteiger partial charge in [-0.1, -0.05) is 47.5 Å². The molecule has 2 rings (SSSR count). The summed E-state index contributed by atoms with van der Waals surface area (Å²) in [6.07, 6.45) is 8.44. The monoisotopic (exact) mass is 278 g/mol. The molecule has 0 amide bonds. The first-order chi connectivity index (χ1) is 9.36. The first-order valence-electron chi connectivity index (χ1n) is 8.89. The first-order valence-corrected chi connectivity index (χ1v) is 8.89. The number of hydrogen-bond acceptors (Lipinski definition) is 1. The maximum atomic E-state index is 12.2. The van der Waals surface area contributed by atoms with Crippen LogP contribution in [0.15, 0.2) is 0 Å². The molecule has 0 N–H and O–H groups in total. The van der Waals surface area contributed by atoms with Crippen LogP contribution in [0.4, 0.5) is 0 Å². The summed E-state index contributed by atoms with van der Waals surface area (Å²) in [6.45, 7) is 11.9. The average molecular weight is 278 g/mol. The molecule has 1 heteroatoms. The molecule has 2 aliphatic carbocycles. The van der Waals surface area contributed by atoms with Crippen LogP contribution in [0.5, 0.6) is 0 Å². The zero-order valence-corrected chi connectivity index (χ0v) is 14.2. The fourth-order valence-corrected chi connectivity index (χ4v) is 4.97. The van der Waals surface area contributed by atoms with Crippen LogP contribution in [-0.2, 0) is 4.79 Å². The fourth-order valence-electron chi connectivity index (χ4n) is 4.97. The molecule has 0 saturated heterocycles. The van der Waals surface area contributed by atoms with E-state index in [2.05, 4.69) is 34.6 Å². The van der Waals surface area contributed by atoms with Crippen molar-refractivity contribution in [3.63, 3.8) is 0 Å². The van der Waals surface area contributed by atoms with Crippen LogP contribution >= 0.6 is 0 Å². The summed E-state index contributed by atoms with van der Waals surface area (Å²) in [5, 5.41) is 0. The van der Waals surface area contributed by atoms with Gasteiger partial charge >= 0.3 is 0 Å². The van der Waals surface area contributed by atoms with Crippen molar-refractivity contribution < 1.29 is 4.79 Å². The summed E-state index contributed by atoms with van der Waals surface area (Å²) in [5.41, 5.74) is 0.329. The van der Waals surface area contributed by atoms with E-state index in [1.54, 1.807) is 0 Å². The van der Waals surface area contributed by atoms with E-state index >= 15 is 0 Å². The van der Waals surface area contributed by atoms with Gasteiger partial charge in [0.1, 0.15) is 5.78 Å². The molecule has 0 heterocycles. The number of fused-ring (bicyclic) bond motifs is 1. The molecule has 2 aliphatic rings. The molecule has 0 radical (unpaired) electrons.